The number of benzene rings is 1. The van der Waals surface area contributed by atoms with Crippen LogP contribution in [0.2, 0.25) is 0 Å². The highest BCUT2D eigenvalue weighted by Gasteiger charge is 2.22. The second kappa shape index (κ2) is 7.47. The molecule has 0 spiro atoms. The molecule has 1 aromatic carbocycles. The van der Waals surface area contributed by atoms with Crippen LogP contribution in [-0.4, -0.2) is 16.2 Å². The molecule has 0 fully saturated rings. The third-order valence-corrected chi connectivity index (χ3v) is 3.72. The highest BCUT2D eigenvalue weighted by molar-refractivity contribution is 5.89. The smallest absolute Gasteiger partial charge is 0.319 e. The molecule has 0 saturated heterocycles. The van der Waals surface area contributed by atoms with Gasteiger partial charge in [-0.05, 0) is 11.5 Å². The van der Waals surface area contributed by atoms with Gasteiger partial charge < -0.3 is 10.6 Å². The van der Waals surface area contributed by atoms with Gasteiger partial charge in [0.2, 0.25) is 0 Å². The van der Waals surface area contributed by atoms with Crippen LogP contribution in [0.1, 0.15) is 38.3 Å². The molecule has 112 valence electrons. The summed E-state index contributed by atoms with van der Waals surface area (Å²) in [4.78, 5) is 12.2. The molecule has 1 aromatic heterocycles. The molecule has 2 aromatic rings. The fraction of sp³-hybridized carbons (Fsp3) is 0.375. The highest BCUT2D eigenvalue weighted by Crippen LogP contribution is 2.27. The summed E-state index contributed by atoms with van der Waals surface area (Å²) in [5.41, 5.74) is 1.79. The predicted octanol–water partition coefficient (Wildman–Crippen LogP) is 3.71. The first kappa shape index (κ1) is 15.1. The zero-order valence-electron chi connectivity index (χ0n) is 12.5. The molecule has 0 bridgehead atoms. The lowest BCUT2D eigenvalue weighted by molar-refractivity contribution is 0.241. The van der Waals surface area contributed by atoms with Crippen LogP contribution in [-0.2, 0) is 0 Å². The van der Waals surface area contributed by atoms with Gasteiger partial charge in [0.1, 0.15) is 0 Å². The summed E-state index contributed by atoms with van der Waals surface area (Å²) in [5.74, 6) is 0.405. The summed E-state index contributed by atoms with van der Waals surface area (Å²) < 4.78 is 0. The molecule has 0 radical (unpaired) electrons. The van der Waals surface area contributed by atoms with Crippen LogP contribution >= 0.6 is 0 Å². The van der Waals surface area contributed by atoms with Gasteiger partial charge in [0.15, 0.2) is 0 Å². The van der Waals surface area contributed by atoms with Gasteiger partial charge in [-0.15, -0.1) is 0 Å². The van der Waals surface area contributed by atoms with Gasteiger partial charge in [0.05, 0.1) is 17.9 Å². The minimum absolute atomic E-state index is 0.00750. The summed E-state index contributed by atoms with van der Waals surface area (Å²) in [6.45, 7) is 4.31. The van der Waals surface area contributed by atoms with Gasteiger partial charge in [0.25, 0.3) is 0 Å². The number of rotatable bonds is 6. The number of nitrogens with one attached hydrogen (secondary N) is 3. The molecule has 2 rings (SSSR count). The van der Waals surface area contributed by atoms with E-state index in [-0.39, 0.29) is 12.1 Å². The van der Waals surface area contributed by atoms with Crippen molar-refractivity contribution in [2.24, 2.45) is 5.92 Å². The van der Waals surface area contributed by atoms with Gasteiger partial charge in [-0.1, -0.05) is 57.0 Å². The van der Waals surface area contributed by atoms with Crippen molar-refractivity contribution >= 4 is 11.7 Å². The van der Waals surface area contributed by atoms with Crippen LogP contribution < -0.4 is 10.6 Å². The zero-order valence-corrected chi connectivity index (χ0v) is 12.5. The number of urea groups is 1. The third-order valence-electron chi connectivity index (χ3n) is 3.72. The van der Waals surface area contributed by atoms with Crippen molar-refractivity contribution in [3.05, 3.63) is 48.3 Å². The Morgan fingerprint density at radius 1 is 1.24 bits per heavy atom. The number of anilines is 1. The van der Waals surface area contributed by atoms with Crippen LogP contribution in [0.4, 0.5) is 10.5 Å². The number of carbonyl (C=O) groups is 1. The van der Waals surface area contributed by atoms with Gasteiger partial charge in [-0.2, -0.15) is 5.10 Å². The first-order chi connectivity index (χ1) is 10.2. The molecule has 5 heteroatoms. The Hall–Kier alpha value is -2.30. The van der Waals surface area contributed by atoms with E-state index in [0.717, 1.165) is 18.4 Å². The maximum atomic E-state index is 12.2. The largest absolute Gasteiger partial charge is 0.331 e. The molecule has 21 heavy (non-hydrogen) atoms. The van der Waals surface area contributed by atoms with Crippen molar-refractivity contribution < 1.29 is 4.79 Å². The lowest BCUT2D eigenvalue weighted by Gasteiger charge is -2.27. The average Bonchev–Trinajstić information content (AvgIpc) is 3.01. The SMILES string of the molecule is CCC(CC)C(NC(=O)Nc1cn[nH]c1)c1ccccc1. The van der Waals surface area contributed by atoms with E-state index in [0.29, 0.717) is 11.6 Å². The van der Waals surface area contributed by atoms with Crippen LogP contribution in [0.15, 0.2) is 42.7 Å². The van der Waals surface area contributed by atoms with Crippen molar-refractivity contribution in [1.82, 2.24) is 15.5 Å². The number of aromatic nitrogens is 2. The Kier molecular flexibility index (Phi) is 5.37. The summed E-state index contributed by atoms with van der Waals surface area (Å²) in [7, 11) is 0. The predicted molar refractivity (Wildman–Crippen MR) is 84.0 cm³/mol. The number of aromatic amines is 1. The zero-order chi connectivity index (χ0) is 15.1. The molecular weight excluding hydrogens is 264 g/mol. The second-order valence-corrected chi connectivity index (χ2v) is 5.05. The molecule has 3 N–H and O–H groups in total. The van der Waals surface area contributed by atoms with Crippen molar-refractivity contribution in [2.75, 3.05) is 5.32 Å². The van der Waals surface area contributed by atoms with Crippen molar-refractivity contribution in [2.45, 2.75) is 32.7 Å². The van der Waals surface area contributed by atoms with E-state index in [2.05, 4.69) is 46.8 Å². The minimum Gasteiger partial charge on any atom is -0.331 e. The standard InChI is InChI=1S/C16H22N4O/c1-3-12(4-2)15(13-8-6-5-7-9-13)20-16(21)19-14-10-17-18-11-14/h5-12,15H,3-4H2,1-2H3,(H,17,18)(H2,19,20,21). The first-order valence-electron chi connectivity index (χ1n) is 7.35. The normalized spacial score (nSPS) is 12.1. The topological polar surface area (TPSA) is 69.8 Å². The molecule has 1 unspecified atom stereocenters. The summed E-state index contributed by atoms with van der Waals surface area (Å²) in [6, 6.07) is 9.90. The van der Waals surface area contributed by atoms with E-state index in [1.54, 1.807) is 12.4 Å². The second-order valence-electron chi connectivity index (χ2n) is 5.05. The fourth-order valence-corrected chi connectivity index (χ4v) is 2.52. The summed E-state index contributed by atoms with van der Waals surface area (Å²) in [6.07, 6.45) is 5.26. The Balaban J connectivity index is 2.10. The molecule has 1 atom stereocenters. The number of carbonyl (C=O) groups excluding carboxylic acids is 1. The van der Waals surface area contributed by atoms with Crippen LogP contribution in [0.3, 0.4) is 0 Å². The lowest BCUT2D eigenvalue weighted by Crippen LogP contribution is -2.36. The lowest BCUT2D eigenvalue weighted by atomic mass is 9.89. The van der Waals surface area contributed by atoms with E-state index in [1.165, 1.54) is 0 Å². The van der Waals surface area contributed by atoms with Gasteiger partial charge in [-0.25, -0.2) is 4.79 Å². The van der Waals surface area contributed by atoms with Gasteiger partial charge in [-0.3, -0.25) is 5.10 Å². The molecule has 0 saturated carbocycles. The van der Waals surface area contributed by atoms with E-state index < -0.39 is 0 Å². The Morgan fingerprint density at radius 2 is 1.95 bits per heavy atom. The molecule has 0 aliphatic rings. The Morgan fingerprint density at radius 3 is 2.52 bits per heavy atom. The molecule has 0 aliphatic heterocycles. The molecule has 5 nitrogen and oxygen atoms in total. The Labute approximate surface area is 125 Å². The van der Waals surface area contributed by atoms with Crippen LogP contribution in [0.5, 0.6) is 0 Å². The molecular formula is C16H22N4O. The van der Waals surface area contributed by atoms with Gasteiger partial charge >= 0.3 is 6.03 Å². The molecule has 0 aliphatic carbocycles. The van der Waals surface area contributed by atoms with E-state index in [9.17, 15) is 4.79 Å². The van der Waals surface area contributed by atoms with Crippen molar-refractivity contribution in [3.8, 4) is 0 Å². The maximum Gasteiger partial charge on any atom is 0.319 e. The average molecular weight is 286 g/mol. The Bertz CT molecular complexity index is 535. The van der Waals surface area contributed by atoms with E-state index in [4.69, 9.17) is 0 Å². The van der Waals surface area contributed by atoms with Gasteiger partial charge in [0, 0.05) is 6.20 Å². The molecule has 1 heterocycles. The van der Waals surface area contributed by atoms with Crippen molar-refractivity contribution in [3.63, 3.8) is 0 Å². The number of hydrogen-bond donors (Lipinski definition) is 3. The minimum atomic E-state index is -0.211. The third kappa shape index (κ3) is 4.08. The van der Waals surface area contributed by atoms with Crippen molar-refractivity contribution in [1.29, 1.82) is 0 Å². The number of amides is 2. The van der Waals surface area contributed by atoms with E-state index >= 15 is 0 Å². The molecule has 2 amide bonds. The first-order valence-corrected chi connectivity index (χ1v) is 7.35. The highest BCUT2D eigenvalue weighted by atomic mass is 16.2. The fourth-order valence-electron chi connectivity index (χ4n) is 2.52. The van der Waals surface area contributed by atoms with E-state index in [1.807, 2.05) is 18.2 Å². The van der Waals surface area contributed by atoms with Crippen LogP contribution in [0.25, 0.3) is 0 Å². The summed E-state index contributed by atoms with van der Waals surface area (Å²) in [5, 5.41) is 12.3. The number of H-pyrrole nitrogens is 1. The quantitative estimate of drug-likeness (QED) is 0.757. The van der Waals surface area contributed by atoms with Crippen LogP contribution in [0, 0.1) is 5.92 Å². The maximum absolute atomic E-state index is 12.2. The monoisotopic (exact) mass is 286 g/mol. The number of hydrogen-bond acceptors (Lipinski definition) is 2. The number of nitrogens with zero attached hydrogens (tertiary/aromatic N) is 1. The summed E-state index contributed by atoms with van der Waals surface area (Å²) >= 11 is 0.